The summed E-state index contributed by atoms with van der Waals surface area (Å²) >= 11 is 1.35. The van der Waals surface area contributed by atoms with Crippen LogP contribution in [0.15, 0.2) is 63.7 Å². The van der Waals surface area contributed by atoms with Gasteiger partial charge in [0.2, 0.25) is 15.7 Å². The van der Waals surface area contributed by atoms with Crippen molar-refractivity contribution in [3.8, 4) is 11.5 Å². The second-order valence-corrected chi connectivity index (χ2v) is 10.1. The van der Waals surface area contributed by atoms with Crippen LogP contribution in [0.3, 0.4) is 0 Å². The van der Waals surface area contributed by atoms with Gasteiger partial charge >= 0.3 is 0 Å². The number of hydrogen-bond donors (Lipinski definition) is 1. The molecular formula is C23H23NO5S2. The van der Waals surface area contributed by atoms with Gasteiger partial charge in [0, 0.05) is 22.6 Å². The number of carbonyl (C=O) groups is 1. The molecule has 0 spiro atoms. The van der Waals surface area contributed by atoms with Gasteiger partial charge in [-0.2, -0.15) is 0 Å². The third kappa shape index (κ3) is 4.18. The van der Waals surface area contributed by atoms with Crippen LogP contribution >= 0.6 is 11.3 Å². The minimum Gasteiger partial charge on any atom is -0.497 e. The molecule has 1 N–H and O–H groups in total. The summed E-state index contributed by atoms with van der Waals surface area (Å²) in [4.78, 5) is 13.6. The number of sulfone groups is 1. The molecule has 0 bridgehead atoms. The molecule has 0 saturated carbocycles. The first-order chi connectivity index (χ1) is 14.9. The lowest BCUT2D eigenvalue weighted by molar-refractivity contribution is -0.116. The highest BCUT2D eigenvalue weighted by atomic mass is 32.2. The van der Waals surface area contributed by atoms with E-state index in [1.807, 2.05) is 31.2 Å². The monoisotopic (exact) mass is 457 g/mol. The van der Waals surface area contributed by atoms with E-state index in [1.165, 1.54) is 30.6 Å². The number of rotatable bonds is 7. The number of ether oxygens (including phenoxy) is 2. The van der Waals surface area contributed by atoms with Gasteiger partial charge in [-0.05, 0) is 48.4 Å². The number of thiophene rings is 1. The lowest BCUT2D eigenvalue weighted by Crippen LogP contribution is -2.23. The van der Waals surface area contributed by atoms with Crippen LogP contribution in [0.5, 0.6) is 11.5 Å². The van der Waals surface area contributed by atoms with Gasteiger partial charge in [-0.1, -0.05) is 19.1 Å². The fourth-order valence-corrected chi connectivity index (χ4v) is 6.50. The lowest BCUT2D eigenvalue weighted by Gasteiger charge is -2.24. The molecule has 1 atom stereocenters. The fourth-order valence-electron chi connectivity index (χ4n) is 3.59. The topological polar surface area (TPSA) is 81.7 Å². The minimum absolute atomic E-state index is 0.120. The SMILES string of the molecule is CCCOc1cccc([C@@H]2CC(=O)Nc3c(S(=O)(=O)c4ccc(OC)cc4)csc32)c1. The molecule has 8 heteroatoms. The van der Waals surface area contributed by atoms with Crippen molar-refractivity contribution in [2.45, 2.75) is 35.5 Å². The zero-order chi connectivity index (χ0) is 22.0. The Balaban J connectivity index is 1.73. The van der Waals surface area contributed by atoms with Crippen LogP contribution in [0.1, 0.15) is 36.1 Å². The molecule has 2 aromatic carbocycles. The maximum Gasteiger partial charge on any atom is 0.225 e. The summed E-state index contributed by atoms with van der Waals surface area (Å²) in [7, 11) is -2.27. The van der Waals surface area contributed by atoms with Crippen molar-refractivity contribution in [1.29, 1.82) is 0 Å². The first-order valence-corrected chi connectivity index (χ1v) is 12.3. The molecule has 1 aliphatic heterocycles. The predicted octanol–water partition coefficient (Wildman–Crippen LogP) is 4.85. The normalized spacial score (nSPS) is 15.8. The van der Waals surface area contributed by atoms with E-state index in [0.717, 1.165) is 22.6 Å². The molecule has 1 aromatic heterocycles. The van der Waals surface area contributed by atoms with Crippen LogP contribution in [0.25, 0.3) is 0 Å². The van der Waals surface area contributed by atoms with E-state index in [4.69, 9.17) is 9.47 Å². The molecule has 0 unspecified atom stereocenters. The van der Waals surface area contributed by atoms with E-state index in [2.05, 4.69) is 5.32 Å². The van der Waals surface area contributed by atoms with E-state index >= 15 is 0 Å². The molecule has 1 amide bonds. The van der Waals surface area contributed by atoms with Gasteiger partial charge in [-0.3, -0.25) is 4.79 Å². The fraction of sp³-hybridized carbons (Fsp3) is 0.261. The molecule has 162 valence electrons. The first kappa shape index (κ1) is 21.4. The Bertz CT molecular complexity index is 1200. The molecule has 0 fully saturated rings. The highest BCUT2D eigenvalue weighted by molar-refractivity contribution is 7.91. The van der Waals surface area contributed by atoms with Gasteiger partial charge in [0.1, 0.15) is 16.4 Å². The molecule has 6 nitrogen and oxygen atoms in total. The Kier molecular flexibility index (Phi) is 6.02. The predicted molar refractivity (Wildman–Crippen MR) is 120 cm³/mol. The molecule has 2 heterocycles. The van der Waals surface area contributed by atoms with Gasteiger partial charge in [0.15, 0.2) is 0 Å². The molecule has 4 rings (SSSR count). The zero-order valence-electron chi connectivity index (χ0n) is 17.3. The number of benzene rings is 2. The van der Waals surface area contributed by atoms with Crippen LogP contribution in [0, 0.1) is 0 Å². The summed E-state index contributed by atoms with van der Waals surface area (Å²) in [5.74, 6) is 0.889. The lowest BCUT2D eigenvalue weighted by atomic mass is 9.90. The standard InChI is InChI=1S/C23H23NO5S2/c1-3-11-29-17-6-4-5-15(12-17)19-13-21(25)24-22-20(14-30-23(19)22)31(26,27)18-9-7-16(28-2)8-10-18/h4-10,12,14,19H,3,11,13H2,1-2H3,(H,24,25)/t19-/m0/s1. The first-order valence-electron chi connectivity index (χ1n) is 9.97. The number of carbonyl (C=O) groups excluding carboxylic acids is 1. The largest absolute Gasteiger partial charge is 0.497 e. The highest BCUT2D eigenvalue weighted by Gasteiger charge is 2.34. The summed E-state index contributed by atoms with van der Waals surface area (Å²) < 4.78 is 37.4. The van der Waals surface area contributed by atoms with Crippen molar-refractivity contribution >= 4 is 32.8 Å². The highest BCUT2D eigenvalue weighted by Crippen LogP contribution is 2.46. The van der Waals surface area contributed by atoms with Crippen LogP contribution in [0.4, 0.5) is 5.69 Å². The van der Waals surface area contributed by atoms with E-state index in [9.17, 15) is 13.2 Å². The summed E-state index contributed by atoms with van der Waals surface area (Å²) in [5, 5.41) is 4.40. The third-order valence-electron chi connectivity index (χ3n) is 5.15. The number of amides is 1. The van der Waals surface area contributed by atoms with Crippen molar-refractivity contribution in [2.75, 3.05) is 19.0 Å². The van der Waals surface area contributed by atoms with E-state index < -0.39 is 9.84 Å². The quantitative estimate of drug-likeness (QED) is 0.548. The van der Waals surface area contributed by atoms with E-state index in [-0.39, 0.29) is 28.0 Å². The van der Waals surface area contributed by atoms with Crippen molar-refractivity contribution < 1.29 is 22.7 Å². The molecular weight excluding hydrogens is 434 g/mol. The van der Waals surface area contributed by atoms with Crippen LogP contribution in [-0.2, 0) is 14.6 Å². The number of nitrogens with one attached hydrogen (secondary N) is 1. The summed E-state index contributed by atoms with van der Waals surface area (Å²) in [5.41, 5.74) is 1.31. The van der Waals surface area contributed by atoms with Crippen molar-refractivity contribution in [3.63, 3.8) is 0 Å². The maximum absolute atomic E-state index is 13.3. The second kappa shape index (κ2) is 8.72. The smallest absolute Gasteiger partial charge is 0.225 e. The van der Waals surface area contributed by atoms with Gasteiger partial charge in [0.25, 0.3) is 0 Å². The van der Waals surface area contributed by atoms with E-state index in [1.54, 1.807) is 17.5 Å². The number of anilines is 1. The molecule has 1 aliphatic rings. The zero-order valence-corrected chi connectivity index (χ0v) is 18.9. The summed E-state index contributed by atoms with van der Waals surface area (Å²) in [6, 6.07) is 13.9. The average Bonchev–Trinajstić information content (AvgIpc) is 3.22. The molecule has 0 saturated heterocycles. The van der Waals surface area contributed by atoms with Crippen molar-refractivity contribution in [2.24, 2.45) is 0 Å². The number of methoxy groups -OCH3 is 1. The number of hydrogen-bond acceptors (Lipinski definition) is 6. The Morgan fingerprint density at radius 2 is 1.90 bits per heavy atom. The Morgan fingerprint density at radius 3 is 2.61 bits per heavy atom. The second-order valence-electron chi connectivity index (χ2n) is 7.24. The summed E-state index contributed by atoms with van der Waals surface area (Å²) in [6.45, 7) is 2.65. The van der Waals surface area contributed by atoms with Gasteiger partial charge in [-0.25, -0.2) is 8.42 Å². The Labute approximate surface area is 185 Å². The van der Waals surface area contributed by atoms with Crippen molar-refractivity contribution in [3.05, 3.63) is 64.4 Å². The molecule has 31 heavy (non-hydrogen) atoms. The summed E-state index contributed by atoms with van der Waals surface area (Å²) in [6.07, 6.45) is 1.16. The van der Waals surface area contributed by atoms with Gasteiger partial charge in [-0.15, -0.1) is 11.3 Å². The Hall–Kier alpha value is -2.84. The third-order valence-corrected chi connectivity index (χ3v) is 8.19. The van der Waals surface area contributed by atoms with Gasteiger partial charge < -0.3 is 14.8 Å². The van der Waals surface area contributed by atoms with Crippen LogP contribution in [-0.4, -0.2) is 28.0 Å². The van der Waals surface area contributed by atoms with Gasteiger partial charge in [0.05, 0.1) is 24.3 Å². The average molecular weight is 458 g/mol. The molecule has 0 radical (unpaired) electrons. The van der Waals surface area contributed by atoms with Crippen molar-refractivity contribution in [1.82, 2.24) is 0 Å². The number of fused-ring (bicyclic) bond motifs is 1. The van der Waals surface area contributed by atoms with Crippen LogP contribution < -0.4 is 14.8 Å². The maximum atomic E-state index is 13.3. The molecule has 0 aliphatic carbocycles. The minimum atomic E-state index is -3.80. The Morgan fingerprint density at radius 1 is 1.13 bits per heavy atom. The molecule has 3 aromatic rings. The van der Waals surface area contributed by atoms with Crippen LogP contribution in [0.2, 0.25) is 0 Å². The van der Waals surface area contributed by atoms with E-state index in [0.29, 0.717) is 18.0 Å².